The lowest BCUT2D eigenvalue weighted by molar-refractivity contribution is 0.812. The van der Waals surface area contributed by atoms with Gasteiger partial charge in [0.05, 0.1) is 0 Å². The Bertz CT molecular complexity index is 2260. The average Bonchev–Trinajstić information content (AvgIpc) is 3.12. The quantitative estimate of drug-likeness (QED) is 0.167. The Hall–Kier alpha value is -4.05. The van der Waals surface area contributed by atoms with Crippen molar-refractivity contribution in [2.45, 2.75) is 78.9 Å². The van der Waals surface area contributed by atoms with Crippen LogP contribution < -0.4 is 37.7 Å². The minimum Gasteiger partial charge on any atom is -0.311 e. The van der Waals surface area contributed by atoms with Crippen molar-refractivity contribution in [3.63, 3.8) is 0 Å². The molecule has 3 heterocycles. The zero-order chi connectivity index (χ0) is 34.3. The van der Waals surface area contributed by atoms with Gasteiger partial charge >= 0.3 is 0 Å². The number of fused-ring (bicyclic) bond motifs is 6. The van der Waals surface area contributed by atoms with E-state index >= 15 is 0 Å². The smallest absolute Gasteiger partial charge is 0.249 e. The molecule has 0 aliphatic carbocycles. The molecule has 0 saturated carbocycles. The Morgan fingerprint density at radius 2 is 1.00 bits per heavy atom. The molecular formula is C45H41B2NS2. The average molecular weight is 682 g/mol. The molecule has 0 unspecified atom stereocenters. The summed E-state index contributed by atoms with van der Waals surface area (Å²) in [5.74, 6) is 1.30. The molecule has 3 aliphatic rings. The fourth-order valence-electron chi connectivity index (χ4n) is 8.60. The number of hydrogen-bond acceptors (Lipinski definition) is 3. The van der Waals surface area contributed by atoms with E-state index in [2.05, 4.69) is 168 Å². The Balaban J connectivity index is 1.37. The first-order chi connectivity index (χ1) is 24.3. The molecular weight excluding hydrogens is 640 g/mol. The first kappa shape index (κ1) is 31.9. The first-order valence-electron chi connectivity index (χ1n) is 18.2. The topological polar surface area (TPSA) is 3.24 Å². The Morgan fingerprint density at radius 3 is 1.62 bits per heavy atom. The molecule has 5 heteroatoms. The molecule has 50 heavy (non-hydrogen) atoms. The van der Waals surface area contributed by atoms with Crippen molar-refractivity contribution >= 4 is 86.8 Å². The largest absolute Gasteiger partial charge is 0.311 e. The van der Waals surface area contributed by atoms with Crippen LogP contribution in [0, 0.1) is 0 Å². The maximum Gasteiger partial charge on any atom is 0.249 e. The summed E-state index contributed by atoms with van der Waals surface area (Å²) < 4.78 is 0. The standard InChI is InChI=1S/C45H41B2NS2/c1-27(2)30-23-32(28(3)4)44(33(24-30)29(5)6)47-35-18-11-13-21-41(35)50-43-26-39-36(25-37(43)47)46-34-17-10-12-20-40(34)49-42-22-14-19-38(45(42)46)48(39)31-15-8-7-9-16-31/h7-29H,1-6H3. The molecule has 0 spiro atoms. The molecule has 244 valence electrons. The zero-order valence-corrected chi connectivity index (χ0v) is 31.3. The van der Waals surface area contributed by atoms with Crippen LogP contribution in [0.25, 0.3) is 0 Å². The summed E-state index contributed by atoms with van der Waals surface area (Å²) in [7, 11) is 0. The minimum atomic E-state index is 0.152. The van der Waals surface area contributed by atoms with Gasteiger partial charge in [0.25, 0.3) is 0 Å². The predicted molar refractivity (Wildman–Crippen MR) is 220 cm³/mol. The van der Waals surface area contributed by atoms with Gasteiger partial charge in [-0.15, -0.1) is 0 Å². The van der Waals surface area contributed by atoms with Crippen LogP contribution in [0.15, 0.2) is 141 Å². The van der Waals surface area contributed by atoms with E-state index < -0.39 is 0 Å². The summed E-state index contributed by atoms with van der Waals surface area (Å²) in [6.45, 7) is 14.5. The lowest BCUT2D eigenvalue weighted by Gasteiger charge is -2.41. The van der Waals surface area contributed by atoms with Crippen molar-refractivity contribution in [2.24, 2.45) is 0 Å². The van der Waals surface area contributed by atoms with Crippen molar-refractivity contribution in [1.82, 2.24) is 0 Å². The highest BCUT2D eigenvalue weighted by Crippen LogP contribution is 2.43. The maximum absolute atomic E-state index is 2.63. The minimum absolute atomic E-state index is 0.152. The Labute approximate surface area is 307 Å². The van der Waals surface area contributed by atoms with Gasteiger partial charge in [0.15, 0.2) is 0 Å². The molecule has 0 radical (unpaired) electrons. The monoisotopic (exact) mass is 681 g/mol. The van der Waals surface area contributed by atoms with E-state index in [0.29, 0.717) is 17.8 Å². The van der Waals surface area contributed by atoms with Crippen LogP contribution in [0.3, 0.4) is 0 Å². The van der Waals surface area contributed by atoms with Gasteiger partial charge in [-0.2, -0.15) is 0 Å². The molecule has 0 bridgehead atoms. The molecule has 6 aromatic rings. The van der Waals surface area contributed by atoms with E-state index in [4.69, 9.17) is 0 Å². The van der Waals surface area contributed by atoms with Crippen LogP contribution in [0.5, 0.6) is 0 Å². The second kappa shape index (κ2) is 12.3. The molecule has 0 N–H and O–H groups in total. The van der Waals surface area contributed by atoms with Crippen molar-refractivity contribution in [1.29, 1.82) is 0 Å². The van der Waals surface area contributed by atoms with E-state index in [-0.39, 0.29) is 13.4 Å². The van der Waals surface area contributed by atoms with Crippen molar-refractivity contribution in [2.75, 3.05) is 4.90 Å². The number of anilines is 3. The highest BCUT2D eigenvalue weighted by molar-refractivity contribution is 8.00. The Morgan fingerprint density at radius 1 is 0.440 bits per heavy atom. The van der Waals surface area contributed by atoms with Crippen molar-refractivity contribution < 1.29 is 0 Å². The maximum atomic E-state index is 2.63. The van der Waals surface area contributed by atoms with Crippen LogP contribution >= 0.6 is 23.5 Å². The lowest BCUT2D eigenvalue weighted by Crippen LogP contribution is -2.63. The number of rotatable bonds is 5. The van der Waals surface area contributed by atoms with Gasteiger partial charge in [-0.1, -0.05) is 166 Å². The van der Waals surface area contributed by atoms with Crippen LogP contribution in [-0.2, 0) is 0 Å². The summed E-state index contributed by atoms with van der Waals surface area (Å²) in [6, 6.07) is 46.4. The van der Waals surface area contributed by atoms with E-state index in [1.807, 2.05) is 23.5 Å². The van der Waals surface area contributed by atoms with Gasteiger partial charge in [-0.25, -0.2) is 0 Å². The fourth-order valence-corrected chi connectivity index (χ4v) is 10.9. The van der Waals surface area contributed by atoms with Crippen molar-refractivity contribution in [3.8, 4) is 0 Å². The third kappa shape index (κ3) is 4.95. The van der Waals surface area contributed by atoms with E-state index in [1.165, 1.54) is 86.1 Å². The fraction of sp³-hybridized carbons (Fsp3) is 0.200. The van der Waals surface area contributed by atoms with Gasteiger partial charge in [0, 0.05) is 36.6 Å². The van der Waals surface area contributed by atoms with Gasteiger partial charge in [-0.05, 0) is 87.8 Å². The molecule has 9 rings (SSSR count). The van der Waals surface area contributed by atoms with Gasteiger partial charge in [-0.3, -0.25) is 0 Å². The third-order valence-electron chi connectivity index (χ3n) is 11.0. The van der Waals surface area contributed by atoms with Crippen molar-refractivity contribution in [3.05, 3.63) is 138 Å². The van der Waals surface area contributed by atoms with Crippen LogP contribution in [-0.4, -0.2) is 13.4 Å². The number of benzene rings is 6. The summed E-state index contributed by atoms with van der Waals surface area (Å²) >= 11 is 3.87. The van der Waals surface area contributed by atoms with E-state index in [1.54, 1.807) is 0 Å². The molecule has 0 amide bonds. The summed E-state index contributed by atoms with van der Waals surface area (Å²) in [4.78, 5) is 7.99. The number of hydrogen-bond donors (Lipinski definition) is 0. The second-order valence-corrected chi connectivity index (χ2v) is 17.2. The highest BCUT2D eigenvalue weighted by atomic mass is 32.2. The molecule has 0 atom stereocenters. The summed E-state index contributed by atoms with van der Waals surface area (Å²) in [5.41, 5.74) is 16.9. The van der Waals surface area contributed by atoms with E-state index in [0.717, 1.165) is 0 Å². The van der Waals surface area contributed by atoms with Crippen LogP contribution in [0.1, 0.15) is 76.0 Å². The van der Waals surface area contributed by atoms with Crippen LogP contribution in [0.4, 0.5) is 17.1 Å². The third-order valence-corrected chi connectivity index (χ3v) is 13.3. The summed E-state index contributed by atoms with van der Waals surface area (Å²) in [5, 5.41) is 0. The number of para-hydroxylation sites is 1. The second-order valence-electron chi connectivity index (χ2n) is 15.0. The molecule has 0 fully saturated rings. The predicted octanol–water partition coefficient (Wildman–Crippen LogP) is 8.80. The van der Waals surface area contributed by atoms with E-state index in [9.17, 15) is 0 Å². The Kier molecular flexibility index (Phi) is 7.86. The molecule has 6 aromatic carbocycles. The normalized spacial score (nSPS) is 14.1. The number of nitrogens with zero attached hydrogens (tertiary/aromatic N) is 1. The first-order valence-corrected chi connectivity index (χ1v) is 19.8. The lowest BCUT2D eigenvalue weighted by atomic mass is 9.31. The molecule has 1 nitrogen and oxygen atoms in total. The highest BCUT2D eigenvalue weighted by Gasteiger charge is 2.43. The summed E-state index contributed by atoms with van der Waals surface area (Å²) in [6.07, 6.45) is 0. The molecule has 3 aliphatic heterocycles. The molecule has 0 aromatic heterocycles. The van der Waals surface area contributed by atoms with Gasteiger partial charge in [0.1, 0.15) is 0 Å². The van der Waals surface area contributed by atoms with Crippen LogP contribution in [0.2, 0.25) is 0 Å². The SMILES string of the molecule is CC(C)c1cc(C(C)C)c(B2c3ccccc3Sc3cc4c(cc32)B2c3ccccc3Sc3cccc(c32)N4c2ccccc2)c(C(C)C)c1. The zero-order valence-electron chi connectivity index (χ0n) is 29.7. The van der Waals surface area contributed by atoms with Gasteiger partial charge in [0.2, 0.25) is 13.4 Å². The molecule has 0 saturated heterocycles. The van der Waals surface area contributed by atoms with Gasteiger partial charge < -0.3 is 4.90 Å².